The average Bonchev–Trinajstić information content (AvgIpc) is 2.54. The molecule has 110 valence electrons. The Morgan fingerprint density at radius 3 is 2.63 bits per heavy atom. The second-order valence-corrected chi connectivity index (χ2v) is 5.24. The number of nitrogens with one attached hydrogen (secondary N) is 2. The highest BCUT2D eigenvalue weighted by atomic mass is 16.4. The number of hydrogen-bond donors (Lipinski definition) is 4. The first-order valence-corrected chi connectivity index (χ1v) is 6.96. The highest BCUT2D eigenvalue weighted by molar-refractivity contribution is 5.74. The van der Waals surface area contributed by atoms with Crippen molar-refractivity contribution in [3.05, 3.63) is 0 Å². The van der Waals surface area contributed by atoms with Gasteiger partial charge in [-0.15, -0.1) is 0 Å². The number of aliphatic hydroxyl groups is 1. The third-order valence-electron chi connectivity index (χ3n) is 3.58. The molecule has 0 bridgehead atoms. The van der Waals surface area contributed by atoms with Crippen LogP contribution in [0, 0.1) is 5.92 Å². The second kappa shape index (κ2) is 7.99. The number of carbonyl (C=O) groups excluding carboxylic acids is 1. The van der Waals surface area contributed by atoms with Crippen molar-refractivity contribution in [1.82, 2.24) is 10.6 Å². The van der Waals surface area contributed by atoms with Gasteiger partial charge in [0.15, 0.2) is 0 Å². The number of aliphatic hydroxyl groups excluding tert-OH is 1. The van der Waals surface area contributed by atoms with Gasteiger partial charge in [0.1, 0.15) is 0 Å². The average molecular weight is 272 g/mol. The van der Waals surface area contributed by atoms with Crippen LogP contribution in [0.2, 0.25) is 0 Å². The molecule has 1 aliphatic carbocycles. The number of aliphatic carboxylic acids is 1. The Labute approximate surface area is 113 Å². The van der Waals surface area contributed by atoms with Crippen LogP contribution >= 0.6 is 0 Å². The van der Waals surface area contributed by atoms with Crippen LogP contribution in [-0.2, 0) is 4.79 Å². The van der Waals surface area contributed by atoms with E-state index in [1.807, 2.05) is 0 Å². The first-order chi connectivity index (χ1) is 9.00. The zero-order valence-electron chi connectivity index (χ0n) is 11.4. The molecule has 19 heavy (non-hydrogen) atoms. The molecule has 2 amide bonds. The highest BCUT2D eigenvalue weighted by Gasteiger charge is 2.23. The van der Waals surface area contributed by atoms with Crippen molar-refractivity contribution in [2.45, 2.75) is 57.6 Å². The van der Waals surface area contributed by atoms with Gasteiger partial charge in [-0.3, -0.25) is 4.79 Å². The monoisotopic (exact) mass is 272 g/mol. The molecular weight excluding hydrogens is 248 g/mol. The van der Waals surface area contributed by atoms with Crippen LogP contribution in [-0.4, -0.2) is 40.9 Å². The van der Waals surface area contributed by atoms with E-state index in [0.717, 1.165) is 32.1 Å². The fraction of sp³-hybridized carbons (Fsp3) is 0.846. The van der Waals surface area contributed by atoms with Gasteiger partial charge >= 0.3 is 12.0 Å². The quantitative estimate of drug-likeness (QED) is 0.563. The van der Waals surface area contributed by atoms with E-state index in [4.69, 9.17) is 5.11 Å². The molecule has 1 aliphatic rings. The molecule has 1 fully saturated rings. The number of carboxylic acids is 1. The van der Waals surface area contributed by atoms with E-state index in [0.29, 0.717) is 13.0 Å². The van der Waals surface area contributed by atoms with Crippen molar-refractivity contribution >= 4 is 12.0 Å². The van der Waals surface area contributed by atoms with E-state index in [1.54, 1.807) is 6.92 Å². The van der Waals surface area contributed by atoms with Crippen molar-refractivity contribution < 1.29 is 19.8 Å². The van der Waals surface area contributed by atoms with E-state index in [2.05, 4.69) is 10.6 Å². The van der Waals surface area contributed by atoms with Gasteiger partial charge in [-0.05, 0) is 19.3 Å². The third kappa shape index (κ3) is 5.92. The van der Waals surface area contributed by atoms with Crippen LogP contribution in [0.5, 0.6) is 0 Å². The summed E-state index contributed by atoms with van der Waals surface area (Å²) in [5, 5.41) is 24.0. The molecule has 4 N–H and O–H groups in total. The second-order valence-electron chi connectivity index (χ2n) is 5.24. The molecular formula is C13H24N2O4. The van der Waals surface area contributed by atoms with Gasteiger partial charge in [-0.25, -0.2) is 4.79 Å². The molecule has 0 radical (unpaired) electrons. The number of carbonyl (C=O) groups is 2. The minimum atomic E-state index is -0.860. The molecule has 0 aromatic carbocycles. The first kappa shape index (κ1) is 15.8. The van der Waals surface area contributed by atoms with Gasteiger partial charge in [-0.1, -0.05) is 26.2 Å². The SMILES string of the molecule is CC(CCNC(=O)NC1CCCCCC1O)C(=O)O. The highest BCUT2D eigenvalue weighted by Crippen LogP contribution is 2.17. The maximum absolute atomic E-state index is 11.6. The first-order valence-electron chi connectivity index (χ1n) is 6.96. The Hall–Kier alpha value is -1.30. The van der Waals surface area contributed by atoms with Crippen LogP contribution in [0.25, 0.3) is 0 Å². The maximum atomic E-state index is 11.6. The predicted octanol–water partition coefficient (Wildman–Crippen LogP) is 1.09. The van der Waals surface area contributed by atoms with Crippen LogP contribution < -0.4 is 10.6 Å². The summed E-state index contributed by atoms with van der Waals surface area (Å²) in [4.78, 5) is 22.3. The number of amides is 2. The predicted molar refractivity (Wildman–Crippen MR) is 70.8 cm³/mol. The summed E-state index contributed by atoms with van der Waals surface area (Å²) < 4.78 is 0. The molecule has 0 aliphatic heterocycles. The minimum absolute atomic E-state index is 0.195. The summed E-state index contributed by atoms with van der Waals surface area (Å²) in [5.74, 6) is -1.33. The lowest BCUT2D eigenvalue weighted by Crippen LogP contribution is -2.47. The Bertz CT molecular complexity index is 309. The lowest BCUT2D eigenvalue weighted by molar-refractivity contribution is -0.141. The Morgan fingerprint density at radius 1 is 1.26 bits per heavy atom. The van der Waals surface area contributed by atoms with E-state index in [9.17, 15) is 14.7 Å². The van der Waals surface area contributed by atoms with Gasteiger partial charge in [0.25, 0.3) is 0 Å². The zero-order valence-corrected chi connectivity index (χ0v) is 11.4. The van der Waals surface area contributed by atoms with Gasteiger partial charge in [0.05, 0.1) is 18.1 Å². The van der Waals surface area contributed by atoms with Gasteiger partial charge < -0.3 is 20.8 Å². The molecule has 1 rings (SSSR count). The number of urea groups is 1. The number of hydrogen-bond acceptors (Lipinski definition) is 3. The topological polar surface area (TPSA) is 98.7 Å². The fourth-order valence-corrected chi connectivity index (χ4v) is 2.20. The molecule has 0 heterocycles. The normalized spacial score (nSPS) is 25.2. The summed E-state index contributed by atoms with van der Waals surface area (Å²) in [7, 11) is 0. The summed E-state index contributed by atoms with van der Waals surface area (Å²) in [5.41, 5.74) is 0. The van der Waals surface area contributed by atoms with Crippen molar-refractivity contribution in [2.75, 3.05) is 6.54 Å². The van der Waals surface area contributed by atoms with Crippen LogP contribution in [0.4, 0.5) is 4.79 Å². The molecule has 0 saturated heterocycles. The number of rotatable bonds is 5. The zero-order chi connectivity index (χ0) is 14.3. The maximum Gasteiger partial charge on any atom is 0.315 e. The van der Waals surface area contributed by atoms with Gasteiger partial charge in [0.2, 0.25) is 0 Å². The van der Waals surface area contributed by atoms with E-state index in [-0.39, 0.29) is 12.1 Å². The van der Waals surface area contributed by atoms with Gasteiger partial charge in [0, 0.05) is 6.54 Å². The fourth-order valence-electron chi connectivity index (χ4n) is 2.20. The van der Waals surface area contributed by atoms with Crippen molar-refractivity contribution in [2.24, 2.45) is 5.92 Å². The smallest absolute Gasteiger partial charge is 0.315 e. The summed E-state index contributed by atoms with van der Waals surface area (Å²) in [6.07, 6.45) is 4.53. The van der Waals surface area contributed by atoms with Gasteiger partial charge in [-0.2, -0.15) is 0 Å². The van der Waals surface area contributed by atoms with Crippen molar-refractivity contribution in [3.63, 3.8) is 0 Å². The van der Waals surface area contributed by atoms with Crippen molar-refractivity contribution in [3.8, 4) is 0 Å². The van der Waals surface area contributed by atoms with E-state index in [1.165, 1.54) is 0 Å². The molecule has 3 unspecified atom stereocenters. The molecule has 0 aromatic heterocycles. The number of carboxylic acid groups (broad SMARTS) is 1. The summed E-state index contributed by atoms with van der Waals surface area (Å²) in [6, 6.07) is -0.525. The molecule has 6 heteroatoms. The lowest BCUT2D eigenvalue weighted by Gasteiger charge is -2.22. The molecule has 3 atom stereocenters. The summed E-state index contributed by atoms with van der Waals surface area (Å²) in [6.45, 7) is 1.93. The molecule has 0 aromatic rings. The van der Waals surface area contributed by atoms with E-state index < -0.39 is 18.0 Å². The largest absolute Gasteiger partial charge is 0.481 e. The minimum Gasteiger partial charge on any atom is -0.481 e. The van der Waals surface area contributed by atoms with Crippen LogP contribution in [0.15, 0.2) is 0 Å². The van der Waals surface area contributed by atoms with E-state index >= 15 is 0 Å². The third-order valence-corrected chi connectivity index (χ3v) is 3.58. The molecule has 6 nitrogen and oxygen atoms in total. The van der Waals surface area contributed by atoms with Crippen molar-refractivity contribution in [1.29, 1.82) is 0 Å². The molecule has 0 spiro atoms. The summed E-state index contributed by atoms with van der Waals surface area (Å²) >= 11 is 0. The Kier molecular flexibility index (Phi) is 6.62. The Morgan fingerprint density at radius 2 is 1.95 bits per heavy atom. The van der Waals surface area contributed by atoms with Crippen LogP contribution in [0.3, 0.4) is 0 Å². The molecule has 1 saturated carbocycles. The lowest BCUT2D eigenvalue weighted by atomic mass is 10.1. The van der Waals surface area contributed by atoms with Crippen LogP contribution in [0.1, 0.15) is 45.4 Å². The standard InChI is InChI=1S/C13H24N2O4/c1-9(12(17)18)7-8-14-13(19)15-10-5-3-2-4-6-11(10)16/h9-11,16H,2-8H2,1H3,(H,17,18)(H2,14,15,19). The Balaban J connectivity index is 2.24.